The van der Waals surface area contributed by atoms with Crippen LogP contribution < -0.4 is 0 Å². The molecule has 1 nitrogen and oxygen atoms in total. The van der Waals surface area contributed by atoms with Crippen LogP contribution in [0.2, 0.25) is 0 Å². The third kappa shape index (κ3) is 4.31. The van der Waals surface area contributed by atoms with Crippen molar-refractivity contribution in [2.45, 2.75) is 6.37 Å². The minimum atomic E-state index is -1.68. The second-order valence-electron chi connectivity index (χ2n) is 7.42. The topological polar surface area (TPSA) is 12.9 Å². The van der Waals surface area contributed by atoms with Crippen LogP contribution in [-0.2, 0) is 6.37 Å². The van der Waals surface area contributed by atoms with Gasteiger partial charge in [0.25, 0.3) is 0 Å². The number of rotatable bonds is 5. The van der Waals surface area contributed by atoms with E-state index in [0.29, 0.717) is 11.1 Å². The predicted molar refractivity (Wildman–Crippen MR) is 130 cm³/mol. The molecule has 0 atom stereocenters. The Labute approximate surface area is 186 Å². The molecule has 0 unspecified atom stereocenters. The molecule has 0 N–H and O–H groups in total. The fraction of sp³-hybridized carbons (Fsp3) is 0.0333. The van der Waals surface area contributed by atoms with Crippen molar-refractivity contribution < 1.29 is 2.74 Å². The molecule has 0 fully saturated rings. The van der Waals surface area contributed by atoms with Gasteiger partial charge in [0, 0.05) is 20.1 Å². The summed E-state index contributed by atoms with van der Waals surface area (Å²) < 4.78 is 18.1. The van der Waals surface area contributed by atoms with Gasteiger partial charge in [-0.25, -0.2) is 0 Å². The highest BCUT2D eigenvalue weighted by Gasteiger charge is 2.10. The van der Waals surface area contributed by atoms with Gasteiger partial charge in [0.15, 0.2) is 0 Å². The summed E-state index contributed by atoms with van der Waals surface area (Å²) in [6.07, 6.45) is 0.122. The molecule has 4 aromatic carbocycles. The maximum absolute atomic E-state index is 9.07. The predicted octanol–water partition coefficient (Wildman–Crippen LogP) is 7.67. The van der Waals surface area contributed by atoms with Gasteiger partial charge in [0.05, 0.1) is 5.69 Å². The summed E-state index contributed by atoms with van der Waals surface area (Å²) in [5.41, 5.74) is 6.93. The largest absolute Gasteiger partial charge is 0.256 e. The van der Waals surface area contributed by atoms with Crippen molar-refractivity contribution >= 4 is 0 Å². The Morgan fingerprint density at radius 3 is 1.84 bits per heavy atom. The van der Waals surface area contributed by atoms with Gasteiger partial charge in [0.1, 0.15) is 0 Å². The first-order valence-electron chi connectivity index (χ1n) is 11.4. The molecule has 0 aliphatic heterocycles. The van der Waals surface area contributed by atoms with Crippen LogP contribution in [0.1, 0.15) is 13.9 Å². The monoisotopic (exact) mass is 399 g/mol. The summed E-state index contributed by atoms with van der Waals surface area (Å²) in [4.78, 5) is 4.76. The van der Waals surface area contributed by atoms with Crippen LogP contribution in [0.4, 0.5) is 0 Å². The first-order chi connectivity index (χ1) is 16.1. The van der Waals surface area contributed by atoms with Gasteiger partial charge in [-0.15, -0.1) is 0 Å². The normalized spacial score (nSPS) is 12.1. The van der Waals surface area contributed by atoms with Crippen molar-refractivity contribution in [1.82, 2.24) is 4.98 Å². The average Bonchev–Trinajstić information content (AvgIpc) is 2.90. The molecule has 148 valence electrons. The van der Waals surface area contributed by atoms with E-state index in [2.05, 4.69) is 24.3 Å². The van der Waals surface area contributed by atoms with Gasteiger partial charge in [-0.2, -0.15) is 0 Å². The van der Waals surface area contributed by atoms with E-state index < -0.39 is 6.37 Å². The van der Waals surface area contributed by atoms with Crippen LogP contribution in [-0.4, -0.2) is 4.98 Å². The molecule has 0 radical (unpaired) electrons. The second kappa shape index (κ2) is 8.81. The van der Waals surface area contributed by atoms with E-state index in [1.807, 2.05) is 97.1 Å². The van der Waals surface area contributed by atoms with E-state index in [-0.39, 0.29) is 0 Å². The molecule has 5 rings (SSSR count). The molecular formula is C30H23N. The number of nitrogens with zero attached hydrogens (tertiary/aromatic N) is 1. The van der Waals surface area contributed by atoms with Crippen LogP contribution in [0.5, 0.6) is 0 Å². The van der Waals surface area contributed by atoms with Crippen molar-refractivity contribution in [3.05, 3.63) is 139 Å². The third-order valence-electron chi connectivity index (χ3n) is 5.31. The Balaban J connectivity index is 1.67. The second-order valence-corrected chi connectivity index (χ2v) is 7.42. The SMILES string of the molecule is [2H]C([2H])(c1ccccc1)c1cc(-c2cccc(-c3ccccc3)c2)ncc1-c1ccccc1. The molecule has 0 aliphatic carbocycles. The quantitative estimate of drug-likeness (QED) is 0.295. The molecular weight excluding hydrogens is 374 g/mol. The summed E-state index contributed by atoms with van der Waals surface area (Å²) >= 11 is 0. The van der Waals surface area contributed by atoms with Crippen molar-refractivity contribution in [1.29, 1.82) is 0 Å². The molecule has 5 aromatic rings. The number of pyridine rings is 1. The van der Waals surface area contributed by atoms with Crippen LogP contribution in [0, 0.1) is 0 Å². The molecule has 0 amide bonds. The van der Waals surface area contributed by atoms with Gasteiger partial charge in [-0.1, -0.05) is 109 Å². The summed E-state index contributed by atoms with van der Waals surface area (Å²) in [7, 11) is 0. The lowest BCUT2D eigenvalue weighted by atomic mass is 9.94. The van der Waals surface area contributed by atoms with Crippen molar-refractivity contribution in [2.24, 2.45) is 0 Å². The van der Waals surface area contributed by atoms with Gasteiger partial charge < -0.3 is 0 Å². The summed E-state index contributed by atoms with van der Waals surface area (Å²) in [5.74, 6) is 0. The fourth-order valence-corrected chi connectivity index (χ4v) is 3.73. The molecule has 31 heavy (non-hydrogen) atoms. The Morgan fingerprint density at radius 1 is 0.548 bits per heavy atom. The zero-order valence-electron chi connectivity index (χ0n) is 19.1. The van der Waals surface area contributed by atoms with E-state index in [9.17, 15) is 0 Å². The number of hydrogen-bond donors (Lipinski definition) is 0. The van der Waals surface area contributed by atoms with E-state index in [1.165, 1.54) is 0 Å². The Bertz CT molecular complexity index is 1360. The van der Waals surface area contributed by atoms with E-state index >= 15 is 0 Å². The molecule has 0 spiro atoms. The van der Waals surface area contributed by atoms with Crippen LogP contribution in [0.3, 0.4) is 0 Å². The highest BCUT2D eigenvalue weighted by Crippen LogP contribution is 2.30. The van der Waals surface area contributed by atoms with Crippen molar-refractivity contribution in [2.75, 3.05) is 0 Å². The van der Waals surface area contributed by atoms with Gasteiger partial charge in [-0.3, -0.25) is 4.98 Å². The number of aromatic nitrogens is 1. The summed E-state index contributed by atoms with van der Waals surface area (Å²) in [6.45, 7) is 0. The molecule has 0 saturated heterocycles. The third-order valence-corrected chi connectivity index (χ3v) is 5.31. The lowest BCUT2D eigenvalue weighted by Gasteiger charge is -2.13. The van der Waals surface area contributed by atoms with Gasteiger partial charge >= 0.3 is 0 Å². The van der Waals surface area contributed by atoms with Gasteiger partial charge in [-0.05, 0) is 46.3 Å². The van der Waals surface area contributed by atoms with Gasteiger partial charge in [0.2, 0.25) is 0 Å². The standard InChI is InChI=1S/C30H23N/c1-4-11-23(12-5-1)19-28-21-30(31-22-29(28)25-15-8-3-9-16-25)27-18-10-17-26(20-27)24-13-6-2-7-14-24/h1-18,20-22H,19H2/i19D2. The Hall–Kier alpha value is -3.97. The molecule has 1 heterocycles. The fourth-order valence-electron chi connectivity index (χ4n) is 3.73. The average molecular weight is 400 g/mol. The molecule has 0 aliphatic rings. The highest BCUT2D eigenvalue weighted by molar-refractivity contribution is 5.74. The lowest BCUT2D eigenvalue weighted by molar-refractivity contribution is 1.17. The van der Waals surface area contributed by atoms with E-state index in [1.54, 1.807) is 6.20 Å². The number of hydrogen-bond acceptors (Lipinski definition) is 1. The zero-order valence-corrected chi connectivity index (χ0v) is 17.1. The Morgan fingerprint density at radius 2 is 1.13 bits per heavy atom. The maximum Gasteiger partial charge on any atom is 0.0705 e. The molecule has 0 saturated carbocycles. The van der Waals surface area contributed by atoms with Crippen LogP contribution in [0.15, 0.2) is 128 Å². The summed E-state index contributed by atoms with van der Waals surface area (Å²) in [6, 6.07) is 39.6. The summed E-state index contributed by atoms with van der Waals surface area (Å²) in [5, 5.41) is 0. The molecule has 0 bridgehead atoms. The Kier molecular flexibility index (Phi) is 4.77. The molecule has 1 heteroatoms. The maximum atomic E-state index is 9.07. The number of benzene rings is 4. The van der Waals surface area contributed by atoms with Crippen molar-refractivity contribution in [3.63, 3.8) is 0 Å². The first kappa shape index (κ1) is 16.8. The molecule has 1 aromatic heterocycles. The minimum Gasteiger partial charge on any atom is -0.256 e. The lowest BCUT2D eigenvalue weighted by Crippen LogP contribution is -1.96. The minimum absolute atomic E-state index is 0.606. The van der Waals surface area contributed by atoms with E-state index in [4.69, 9.17) is 7.73 Å². The smallest absolute Gasteiger partial charge is 0.0705 e. The zero-order chi connectivity index (χ0) is 22.7. The van der Waals surface area contributed by atoms with Crippen LogP contribution in [0.25, 0.3) is 33.5 Å². The highest BCUT2D eigenvalue weighted by atomic mass is 14.7. The van der Waals surface area contributed by atoms with Crippen LogP contribution >= 0.6 is 0 Å². The van der Waals surface area contributed by atoms with Crippen molar-refractivity contribution in [3.8, 4) is 33.5 Å². The van der Waals surface area contributed by atoms with E-state index in [0.717, 1.165) is 33.5 Å². The first-order valence-corrected chi connectivity index (χ1v) is 10.4.